The van der Waals surface area contributed by atoms with Crippen molar-refractivity contribution in [3.63, 3.8) is 0 Å². The number of hydrogen-bond donors (Lipinski definition) is 0. The molecule has 1 heterocycles. The zero-order valence-corrected chi connectivity index (χ0v) is 19.9. The molecule has 0 unspecified atom stereocenters. The maximum atomic E-state index is 13.9. The highest BCUT2D eigenvalue weighted by Gasteiger charge is 2.43. The number of rotatable bonds is 4. The number of methoxy groups -OCH3 is 1. The molecule has 0 radical (unpaired) electrons. The summed E-state index contributed by atoms with van der Waals surface area (Å²) in [6.07, 6.45) is 1.77. The third-order valence-corrected chi connectivity index (χ3v) is 8.36. The Labute approximate surface area is 204 Å². The van der Waals surface area contributed by atoms with Crippen LogP contribution in [-0.4, -0.2) is 15.5 Å². The molecule has 170 valence electrons. The van der Waals surface area contributed by atoms with E-state index in [-0.39, 0.29) is 0 Å². The third-order valence-electron chi connectivity index (χ3n) is 6.51. The highest BCUT2D eigenvalue weighted by atomic mass is 32.2. The van der Waals surface area contributed by atoms with Crippen LogP contribution in [0.2, 0.25) is 0 Å². The van der Waals surface area contributed by atoms with Crippen molar-refractivity contribution in [1.82, 2.24) is 0 Å². The number of ether oxygens (including phenoxy) is 1. The fourth-order valence-electron chi connectivity index (χ4n) is 4.91. The fraction of sp³-hybridized carbons (Fsp3) is 0.0323. The van der Waals surface area contributed by atoms with Crippen LogP contribution in [0.4, 0.5) is 0 Å². The Bertz CT molecular complexity index is 1700. The van der Waals surface area contributed by atoms with Crippen molar-refractivity contribution in [2.24, 2.45) is 0 Å². The summed E-state index contributed by atoms with van der Waals surface area (Å²) in [6.45, 7) is 0. The topological polar surface area (TPSA) is 43.4 Å². The smallest absolute Gasteiger partial charge is 0.208 e. The first-order chi connectivity index (χ1) is 17.1. The van der Waals surface area contributed by atoms with Gasteiger partial charge in [-0.15, -0.1) is 0 Å². The molecule has 35 heavy (non-hydrogen) atoms. The second-order valence-corrected chi connectivity index (χ2v) is 10.4. The molecule has 4 heteroatoms. The van der Waals surface area contributed by atoms with Gasteiger partial charge in [0.25, 0.3) is 0 Å². The lowest BCUT2D eigenvalue weighted by Gasteiger charge is -2.31. The van der Waals surface area contributed by atoms with Crippen LogP contribution in [0.25, 0.3) is 44.0 Å². The van der Waals surface area contributed by atoms with Gasteiger partial charge in [0.15, 0.2) is 0 Å². The molecular weight excluding hydrogens is 452 g/mol. The lowest BCUT2D eigenvalue weighted by Crippen LogP contribution is -2.21. The highest BCUT2D eigenvalue weighted by molar-refractivity contribution is 8.03. The molecule has 1 aliphatic heterocycles. The van der Waals surface area contributed by atoms with Crippen molar-refractivity contribution < 1.29 is 13.2 Å². The monoisotopic (exact) mass is 474 g/mol. The van der Waals surface area contributed by atoms with Gasteiger partial charge in [0, 0.05) is 11.1 Å². The minimum atomic E-state index is -3.67. The molecule has 0 saturated heterocycles. The van der Waals surface area contributed by atoms with E-state index in [0.29, 0.717) is 9.80 Å². The van der Waals surface area contributed by atoms with E-state index in [1.165, 1.54) is 0 Å². The average molecular weight is 475 g/mol. The second-order valence-electron chi connectivity index (χ2n) is 8.52. The number of benzene rings is 5. The summed E-state index contributed by atoms with van der Waals surface area (Å²) in [5.41, 5.74) is 5.20. The van der Waals surface area contributed by atoms with Gasteiger partial charge in [0.05, 0.1) is 16.9 Å². The van der Waals surface area contributed by atoms with Crippen molar-refractivity contribution in [1.29, 1.82) is 0 Å². The zero-order valence-electron chi connectivity index (χ0n) is 19.1. The van der Waals surface area contributed by atoms with Crippen LogP contribution in [0.15, 0.2) is 114 Å². The summed E-state index contributed by atoms with van der Waals surface area (Å²) in [6, 6.07) is 35.3. The van der Waals surface area contributed by atoms with Gasteiger partial charge in [-0.3, -0.25) is 0 Å². The van der Waals surface area contributed by atoms with E-state index in [0.717, 1.165) is 49.9 Å². The van der Waals surface area contributed by atoms with Crippen LogP contribution in [0.5, 0.6) is 5.75 Å². The molecular formula is C31H22O3S. The van der Waals surface area contributed by atoms with E-state index in [4.69, 9.17) is 4.74 Å². The molecule has 0 amide bonds. The first-order valence-electron chi connectivity index (χ1n) is 11.4. The SMILES string of the molecule is COc1ccc(/C=C2\c3c(c(-c4ccccc4)c4ccccc4c3-c3ccccc3)S2(=O)=O)cc1. The van der Waals surface area contributed by atoms with Gasteiger partial charge >= 0.3 is 0 Å². The van der Waals surface area contributed by atoms with Gasteiger partial charge in [-0.2, -0.15) is 0 Å². The average Bonchev–Trinajstić information content (AvgIpc) is 2.92. The zero-order chi connectivity index (χ0) is 24.0. The number of sulfone groups is 1. The van der Waals surface area contributed by atoms with Gasteiger partial charge in [-0.05, 0) is 51.2 Å². The van der Waals surface area contributed by atoms with E-state index in [9.17, 15) is 8.42 Å². The van der Waals surface area contributed by atoms with Crippen molar-refractivity contribution in [3.05, 3.63) is 120 Å². The predicted molar refractivity (Wildman–Crippen MR) is 143 cm³/mol. The fourth-order valence-corrected chi connectivity index (χ4v) is 6.72. The molecule has 0 bridgehead atoms. The van der Waals surface area contributed by atoms with Crippen LogP contribution in [-0.2, 0) is 9.84 Å². The number of hydrogen-bond acceptors (Lipinski definition) is 3. The summed E-state index contributed by atoms with van der Waals surface area (Å²) in [7, 11) is -2.05. The summed E-state index contributed by atoms with van der Waals surface area (Å²) in [5.74, 6) is 0.728. The van der Waals surface area contributed by atoms with Crippen molar-refractivity contribution in [2.75, 3.05) is 7.11 Å². The Morgan fingerprint density at radius 3 is 1.69 bits per heavy atom. The molecule has 0 spiro atoms. The molecule has 5 aromatic rings. The van der Waals surface area contributed by atoms with Crippen LogP contribution in [0.1, 0.15) is 11.1 Å². The standard InChI is InChI=1S/C31H22O3S/c1-34-24-18-16-21(17-19-24)20-27-30-28(22-10-4-2-5-11-22)25-14-8-9-15-26(25)29(31(30)35(27,32)33)23-12-6-3-7-13-23/h2-20H,1H3/b27-20+. The first-order valence-corrected chi connectivity index (χ1v) is 12.9. The molecule has 0 atom stereocenters. The van der Waals surface area contributed by atoms with Gasteiger partial charge < -0.3 is 4.74 Å². The van der Waals surface area contributed by atoms with Gasteiger partial charge in [0.2, 0.25) is 9.84 Å². The maximum absolute atomic E-state index is 13.9. The van der Waals surface area contributed by atoms with E-state index >= 15 is 0 Å². The Morgan fingerprint density at radius 1 is 0.600 bits per heavy atom. The quantitative estimate of drug-likeness (QED) is 0.271. The van der Waals surface area contributed by atoms with Crippen LogP contribution in [0.3, 0.4) is 0 Å². The van der Waals surface area contributed by atoms with Crippen LogP contribution < -0.4 is 4.74 Å². The normalized spacial score (nSPS) is 14.9. The predicted octanol–water partition coefficient (Wildman–Crippen LogP) is 7.47. The van der Waals surface area contributed by atoms with Crippen molar-refractivity contribution >= 4 is 31.6 Å². The summed E-state index contributed by atoms with van der Waals surface area (Å²) in [5, 5.41) is 1.97. The van der Waals surface area contributed by atoms with Crippen molar-refractivity contribution in [3.8, 4) is 28.0 Å². The lowest BCUT2D eigenvalue weighted by atomic mass is 9.87. The summed E-state index contributed by atoms with van der Waals surface area (Å²) < 4.78 is 33.1. The van der Waals surface area contributed by atoms with Crippen molar-refractivity contribution in [2.45, 2.75) is 4.90 Å². The third kappa shape index (κ3) is 3.37. The Kier molecular flexibility index (Phi) is 5.05. The summed E-state index contributed by atoms with van der Waals surface area (Å²) >= 11 is 0. The largest absolute Gasteiger partial charge is 0.497 e. The molecule has 1 aliphatic rings. The summed E-state index contributed by atoms with van der Waals surface area (Å²) in [4.78, 5) is 0.750. The molecule has 0 N–H and O–H groups in total. The van der Waals surface area contributed by atoms with Crippen LogP contribution in [0, 0.1) is 0 Å². The number of fused-ring (bicyclic) bond motifs is 2. The maximum Gasteiger partial charge on any atom is 0.208 e. The molecule has 6 rings (SSSR count). The van der Waals surface area contributed by atoms with Gasteiger partial charge in [-0.25, -0.2) is 8.42 Å². The minimum Gasteiger partial charge on any atom is -0.497 e. The minimum absolute atomic E-state index is 0.347. The molecule has 3 nitrogen and oxygen atoms in total. The molecule has 0 aromatic heterocycles. The highest BCUT2D eigenvalue weighted by Crippen LogP contribution is 2.56. The Morgan fingerprint density at radius 2 is 1.11 bits per heavy atom. The van der Waals surface area contributed by atoms with E-state index in [1.54, 1.807) is 13.2 Å². The van der Waals surface area contributed by atoms with E-state index in [1.807, 2.05) is 103 Å². The van der Waals surface area contributed by atoms with E-state index in [2.05, 4.69) is 6.07 Å². The Hall–Kier alpha value is -4.15. The molecule has 5 aromatic carbocycles. The molecule has 0 fully saturated rings. The van der Waals surface area contributed by atoms with Gasteiger partial charge in [-0.1, -0.05) is 97.1 Å². The lowest BCUT2D eigenvalue weighted by molar-refractivity contribution is 0.415. The van der Waals surface area contributed by atoms with E-state index < -0.39 is 9.84 Å². The molecule has 0 saturated carbocycles. The first kappa shape index (κ1) is 21.4. The second kappa shape index (κ2) is 8.26. The van der Waals surface area contributed by atoms with Crippen LogP contribution >= 0.6 is 0 Å². The van der Waals surface area contributed by atoms with Gasteiger partial charge in [0.1, 0.15) is 5.75 Å². The Balaban J connectivity index is 1.74. The molecule has 0 aliphatic carbocycles.